The maximum atomic E-state index is 11.5. The third kappa shape index (κ3) is 2.11. The van der Waals surface area contributed by atoms with Crippen LogP contribution in [0.15, 0.2) is 24.3 Å². The number of benzene rings is 1. The van der Waals surface area contributed by atoms with Gasteiger partial charge in [-0.2, -0.15) is 5.26 Å². The lowest BCUT2D eigenvalue weighted by Crippen LogP contribution is -2.15. The van der Waals surface area contributed by atoms with Crippen LogP contribution in [0.25, 0.3) is 11.0 Å². The van der Waals surface area contributed by atoms with Gasteiger partial charge in [0.2, 0.25) is 0 Å². The maximum Gasteiger partial charge on any atom is 0.329 e. The monoisotopic (exact) mass is 261 g/mol. The van der Waals surface area contributed by atoms with Gasteiger partial charge in [0, 0.05) is 0 Å². The summed E-state index contributed by atoms with van der Waals surface area (Å²) in [5.74, 6) is -1.87. The van der Waals surface area contributed by atoms with E-state index in [0.717, 1.165) is 0 Å². The Hall–Kier alpha value is -2.19. The van der Waals surface area contributed by atoms with Gasteiger partial charge in [-0.05, 0) is 12.1 Å². The number of methoxy groups -OCH3 is 1. The molecule has 0 saturated carbocycles. The van der Waals surface area contributed by atoms with E-state index in [0.29, 0.717) is 11.0 Å². The van der Waals surface area contributed by atoms with Crippen molar-refractivity contribution in [2.24, 2.45) is 0 Å². The fourth-order valence-corrected chi connectivity index (χ4v) is 1.76. The molecule has 18 heavy (non-hydrogen) atoms. The first-order valence-electron chi connectivity index (χ1n) is 5.07. The molecule has 0 fully saturated rings. The smallest absolute Gasteiger partial charge is 0.329 e. The van der Waals surface area contributed by atoms with Gasteiger partial charge in [-0.25, -0.2) is 9.97 Å². The van der Waals surface area contributed by atoms with Gasteiger partial charge in [-0.1, -0.05) is 23.7 Å². The Kier molecular flexibility index (Phi) is 3.40. The second-order valence-electron chi connectivity index (χ2n) is 3.47. The molecule has 0 N–H and O–H groups in total. The third-order valence-electron chi connectivity index (χ3n) is 2.39. The van der Waals surface area contributed by atoms with Crippen LogP contribution < -0.4 is 0 Å². The molecule has 0 spiro atoms. The summed E-state index contributed by atoms with van der Waals surface area (Å²) in [6, 6.07) is 8.88. The lowest BCUT2D eigenvalue weighted by atomic mass is 10.1. The highest BCUT2D eigenvalue weighted by Gasteiger charge is 2.26. The molecule has 1 aromatic carbocycles. The molecule has 0 aliphatic rings. The predicted molar refractivity (Wildman–Crippen MR) is 64.9 cm³/mol. The summed E-state index contributed by atoms with van der Waals surface area (Å²) in [7, 11) is 1.20. The number of hydrogen-bond acceptors (Lipinski definition) is 5. The molecule has 0 aliphatic heterocycles. The van der Waals surface area contributed by atoms with Gasteiger partial charge < -0.3 is 4.74 Å². The van der Waals surface area contributed by atoms with Crippen molar-refractivity contribution in [1.29, 1.82) is 5.26 Å². The van der Waals surface area contributed by atoms with Crippen LogP contribution in [0.4, 0.5) is 0 Å². The van der Waals surface area contributed by atoms with Gasteiger partial charge in [0.05, 0.1) is 24.2 Å². The maximum absolute atomic E-state index is 11.5. The first kappa shape index (κ1) is 12.3. The lowest BCUT2D eigenvalue weighted by Gasteiger charge is -2.08. The summed E-state index contributed by atoms with van der Waals surface area (Å²) in [5.41, 5.74) is 1.29. The van der Waals surface area contributed by atoms with E-state index in [4.69, 9.17) is 16.9 Å². The van der Waals surface area contributed by atoms with Gasteiger partial charge in [0.15, 0.2) is 11.1 Å². The van der Waals surface area contributed by atoms with Crippen LogP contribution in [0, 0.1) is 11.3 Å². The number of fused-ring (bicyclic) bond motifs is 1. The molecule has 0 bridgehead atoms. The van der Waals surface area contributed by atoms with Crippen molar-refractivity contribution >= 4 is 28.6 Å². The first-order valence-corrected chi connectivity index (χ1v) is 5.44. The number of ether oxygens (including phenoxy) is 1. The number of aromatic nitrogens is 2. The van der Waals surface area contributed by atoms with E-state index in [2.05, 4.69) is 14.7 Å². The van der Waals surface area contributed by atoms with Gasteiger partial charge in [-0.15, -0.1) is 0 Å². The minimum Gasteiger partial charge on any atom is -0.468 e. The Morgan fingerprint density at radius 2 is 2.00 bits per heavy atom. The molecule has 1 heterocycles. The summed E-state index contributed by atoms with van der Waals surface area (Å²) in [6.45, 7) is 0. The molecule has 1 unspecified atom stereocenters. The zero-order valence-corrected chi connectivity index (χ0v) is 10.2. The van der Waals surface area contributed by atoms with E-state index in [1.54, 1.807) is 24.3 Å². The second-order valence-corrected chi connectivity index (χ2v) is 3.83. The molecular formula is C12H8ClN3O2. The number of carbonyl (C=O) groups excluding carboxylic acids is 1. The van der Waals surface area contributed by atoms with Gasteiger partial charge >= 0.3 is 5.97 Å². The molecule has 1 atom stereocenters. The number of carbonyl (C=O) groups is 1. The van der Waals surface area contributed by atoms with Crippen molar-refractivity contribution in [3.05, 3.63) is 35.1 Å². The van der Waals surface area contributed by atoms with Gasteiger partial charge in [0.1, 0.15) is 5.69 Å². The van der Waals surface area contributed by atoms with Crippen LogP contribution in [0.2, 0.25) is 5.15 Å². The van der Waals surface area contributed by atoms with Crippen LogP contribution in [-0.2, 0) is 9.53 Å². The van der Waals surface area contributed by atoms with E-state index < -0.39 is 11.9 Å². The molecule has 2 rings (SSSR count). The van der Waals surface area contributed by atoms with Crippen molar-refractivity contribution in [1.82, 2.24) is 9.97 Å². The van der Waals surface area contributed by atoms with Crippen molar-refractivity contribution in [3.63, 3.8) is 0 Å². The van der Waals surface area contributed by atoms with E-state index in [1.807, 2.05) is 6.07 Å². The number of rotatable bonds is 2. The Morgan fingerprint density at radius 3 is 2.56 bits per heavy atom. The number of nitrogens with zero attached hydrogens (tertiary/aromatic N) is 3. The first-order chi connectivity index (χ1) is 8.67. The highest BCUT2D eigenvalue weighted by atomic mass is 35.5. The van der Waals surface area contributed by atoms with Crippen molar-refractivity contribution < 1.29 is 9.53 Å². The van der Waals surface area contributed by atoms with E-state index in [1.165, 1.54) is 7.11 Å². The average molecular weight is 262 g/mol. The van der Waals surface area contributed by atoms with E-state index >= 15 is 0 Å². The minimum absolute atomic E-state index is 0.0330. The SMILES string of the molecule is COC(=O)C(C#N)c1nc2ccccc2nc1Cl. The zero-order valence-electron chi connectivity index (χ0n) is 9.42. The summed E-state index contributed by atoms with van der Waals surface area (Å²) >= 11 is 5.95. The quantitative estimate of drug-likeness (QED) is 0.774. The summed E-state index contributed by atoms with van der Waals surface area (Å²) in [6.07, 6.45) is 0. The number of hydrogen-bond donors (Lipinski definition) is 0. The summed E-state index contributed by atoms with van der Waals surface area (Å²) in [4.78, 5) is 19.8. The van der Waals surface area contributed by atoms with Crippen LogP contribution in [0.1, 0.15) is 11.6 Å². The number of para-hydroxylation sites is 2. The third-order valence-corrected chi connectivity index (χ3v) is 2.67. The van der Waals surface area contributed by atoms with Crippen LogP contribution >= 0.6 is 11.6 Å². The Morgan fingerprint density at radius 1 is 1.39 bits per heavy atom. The van der Waals surface area contributed by atoms with Crippen LogP contribution in [0.5, 0.6) is 0 Å². The Labute approximate surface area is 108 Å². The minimum atomic E-state index is -1.17. The molecule has 6 heteroatoms. The highest BCUT2D eigenvalue weighted by Crippen LogP contribution is 2.24. The van der Waals surface area contributed by atoms with Crippen molar-refractivity contribution in [2.45, 2.75) is 5.92 Å². The summed E-state index contributed by atoms with van der Waals surface area (Å²) < 4.78 is 4.54. The fraction of sp³-hybridized carbons (Fsp3) is 0.167. The Bertz CT molecular complexity index is 651. The number of esters is 1. The molecule has 2 aromatic rings. The number of halogens is 1. The summed E-state index contributed by atoms with van der Waals surface area (Å²) in [5, 5.41) is 9.03. The molecule has 0 amide bonds. The van der Waals surface area contributed by atoms with Gasteiger partial charge in [-0.3, -0.25) is 4.79 Å². The topological polar surface area (TPSA) is 75.9 Å². The lowest BCUT2D eigenvalue weighted by molar-refractivity contribution is -0.141. The molecule has 0 aliphatic carbocycles. The van der Waals surface area contributed by atoms with Crippen molar-refractivity contribution in [3.8, 4) is 6.07 Å². The number of nitriles is 1. The molecule has 0 saturated heterocycles. The Balaban J connectivity index is 2.60. The fourth-order valence-electron chi connectivity index (χ4n) is 1.52. The van der Waals surface area contributed by atoms with Crippen LogP contribution in [-0.4, -0.2) is 23.0 Å². The molecule has 0 radical (unpaired) electrons. The molecule has 1 aromatic heterocycles. The van der Waals surface area contributed by atoms with E-state index in [9.17, 15) is 4.79 Å². The highest BCUT2D eigenvalue weighted by molar-refractivity contribution is 6.30. The average Bonchev–Trinajstić information content (AvgIpc) is 2.39. The second kappa shape index (κ2) is 4.98. The van der Waals surface area contributed by atoms with Crippen molar-refractivity contribution in [2.75, 3.05) is 7.11 Å². The van der Waals surface area contributed by atoms with Crippen LogP contribution in [0.3, 0.4) is 0 Å². The molecule has 5 nitrogen and oxygen atoms in total. The van der Waals surface area contributed by atoms with Gasteiger partial charge in [0.25, 0.3) is 0 Å². The standard InChI is InChI=1S/C12H8ClN3O2/c1-18-12(17)7(6-14)10-11(13)16-9-5-3-2-4-8(9)15-10/h2-5,7H,1H3. The predicted octanol–water partition coefficient (Wildman–Crippen LogP) is 2.06. The van der Waals surface area contributed by atoms with E-state index in [-0.39, 0.29) is 10.8 Å². The molecular weight excluding hydrogens is 254 g/mol. The largest absolute Gasteiger partial charge is 0.468 e. The zero-order chi connectivity index (χ0) is 13.1. The normalized spacial score (nSPS) is 11.8. The molecule has 90 valence electrons.